The van der Waals surface area contributed by atoms with E-state index >= 15 is 0 Å². The summed E-state index contributed by atoms with van der Waals surface area (Å²) >= 11 is 0. The number of hydrogen-bond acceptors (Lipinski definition) is 4. The fourth-order valence-electron chi connectivity index (χ4n) is 1.97. The Morgan fingerprint density at radius 3 is 2.94 bits per heavy atom. The second-order valence-corrected chi connectivity index (χ2v) is 4.55. The molecule has 2 unspecified atom stereocenters. The van der Waals surface area contributed by atoms with Gasteiger partial charge in [0.2, 0.25) is 5.91 Å². The highest BCUT2D eigenvalue weighted by atomic mass is 16.5. The normalized spacial score (nSPS) is 23.2. The molecule has 0 spiro atoms. The zero-order valence-corrected chi connectivity index (χ0v) is 10.4. The molecule has 0 saturated carbocycles. The van der Waals surface area contributed by atoms with E-state index in [-0.39, 0.29) is 11.7 Å². The molecule has 1 heterocycles. The largest absolute Gasteiger partial charge is 0.409 e. The number of amides is 1. The summed E-state index contributed by atoms with van der Waals surface area (Å²) in [5, 5.41) is 11.4. The molecule has 1 aliphatic heterocycles. The molecule has 1 rings (SSSR count). The number of nitrogens with two attached hydrogens (primary N) is 1. The van der Waals surface area contributed by atoms with Gasteiger partial charge in [-0.3, -0.25) is 4.79 Å². The van der Waals surface area contributed by atoms with Crippen molar-refractivity contribution in [1.82, 2.24) is 4.90 Å². The SMILES string of the molecule is CC(C(=O)N(C)CC1CCCOC1)/C(N)=N/O. The van der Waals surface area contributed by atoms with Crippen molar-refractivity contribution in [3.63, 3.8) is 0 Å². The van der Waals surface area contributed by atoms with E-state index in [9.17, 15) is 4.79 Å². The molecular formula is C11H21N3O3. The monoisotopic (exact) mass is 243 g/mol. The van der Waals surface area contributed by atoms with Gasteiger partial charge in [0, 0.05) is 20.2 Å². The van der Waals surface area contributed by atoms with E-state index in [2.05, 4.69) is 5.16 Å². The van der Waals surface area contributed by atoms with Gasteiger partial charge in [0.05, 0.1) is 12.5 Å². The van der Waals surface area contributed by atoms with Crippen LogP contribution in [0.3, 0.4) is 0 Å². The van der Waals surface area contributed by atoms with Crippen LogP contribution < -0.4 is 5.73 Å². The van der Waals surface area contributed by atoms with Gasteiger partial charge in [-0.05, 0) is 25.7 Å². The summed E-state index contributed by atoms with van der Waals surface area (Å²) in [6.07, 6.45) is 2.12. The molecule has 98 valence electrons. The van der Waals surface area contributed by atoms with Gasteiger partial charge in [-0.15, -0.1) is 0 Å². The summed E-state index contributed by atoms with van der Waals surface area (Å²) in [6, 6.07) is 0. The minimum atomic E-state index is -0.588. The number of oxime groups is 1. The van der Waals surface area contributed by atoms with Gasteiger partial charge in [0.25, 0.3) is 0 Å². The average molecular weight is 243 g/mol. The summed E-state index contributed by atoms with van der Waals surface area (Å²) in [7, 11) is 1.73. The highest BCUT2D eigenvalue weighted by Crippen LogP contribution is 2.15. The Morgan fingerprint density at radius 1 is 1.71 bits per heavy atom. The zero-order valence-electron chi connectivity index (χ0n) is 10.4. The minimum absolute atomic E-state index is 0.0539. The molecular weight excluding hydrogens is 222 g/mol. The summed E-state index contributed by atoms with van der Waals surface area (Å²) in [5.41, 5.74) is 5.42. The third kappa shape index (κ3) is 3.89. The second-order valence-electron chi connectivity index (χ2n) is 4.55. The fourth-order valence-corrected chi connectivity index (χ4v) is 1.97. The van der Waals surface area contributed by atoms with Crippen LogP contribution >= 0.6 is 0 Å². The van der Waals surface area contributed by atoms with Crippen LogP contribution in [0.2, 0.25) is 0 Å². The first-order valence-electron chi connectivity index (χ1n) is 5.86. The van der Waals surface area contributed by atoms with Gasteiger partial charge < -0.3 is 20.6 Å². The summed E-state index contributed by atoms with van der Waals surface area (Å²) in [6.45, 7) is 3.80. The quantitative estimate of drug-likeness (QED) is 0.321. The van der Waals surface area contributed by atoms with Crippen molar-refractivity contribution in [3.05, 3.63) is 0 Å². The Labute approximate surface area is 101 Å². The molecule has 17 heavy (non-hydrogen) atoms. The Hall–Kier alpha value is -1.30. The minimum Gasteiger partial charge on any atom is -0.409 e. The number of ether oxygens (including phenoxy) is 1. The third-order valence-electron chi connectivity index (χ3n) is 3.09. The first kappa shape index (κ1) is 13.8. The van der Waals surface area contributed by atoms with Crippen LogP contribution in [-0.2, 0) is 9.53 Å². The lowest BCUT2D eigenvalue weighted by atomic mass is 10.0. The smallest absolute Gasteiger partial charge is 0.232 e. The molecule has 0 bridgehead atoms. The zero-order chi connectivity index (χ0) is 12.8. The van der Waals surface area contributed by atoms with E-state index < -0.39 is 5.92 Å². The molecule has 0 aromatic heterocycles. The topological polar surface area (TPSA) is 88.2 Å². The third-order valence-corrected chi connectivity index (χ3v) is 3.09. The molecule has 0 radical (unpaired) electrons. The van der Waals surface area contributed by atoms with Crippen LogP contribution in [-0.4, -0.2) is 48.7 Å². The van der Waals surface area contributed by atoms with Crippen LogP contribution in [0.1, 0.15) is 19.8 Å². The van der Waals surface area contributed by atoms with Gasteiger partial charge in [-0.2, -0.15) is 0 Å². The lowest BCUT2D eigenvalue weighted by Gasteiger charge is -2.28. The number of amidine groups is 1. The predicted octanol–water partition coefficient (Wildman–Crippen LogP) is 0.254. The maximum absolute atomic E-state index is 11.9. The van der Waals surface area contributed by atoms with Crippen LogP contribution in [0.5, 0.6) is 0 Å². The van der Waals surface area contributed by atoms with Gasteiger partial charge in [-0.25, -0.2) is 0 Å². The lowest BCUT2D eigenvalue weighted by molar-refractivity contribution is -0.132. The van der Waals surface area contributed by atoms with Crippen LogP contribution in [0.15, 0.2) is 5.16 Å². The van der Waals surface area contributed by atoms with Crippen LogP contribution in [0.4, 0.5) is 0 Å². The summed E-state index contributed by atoms with van der Waals surface area (Å²) in [4.78, 5) is 13.6. The highest BCUT2D eigenvalue weighted by Gasteiger charge is 2.24. The standard InChI is InChI=1S/C11H21N3O3/c1-8(10(12)13-16)11(15)14(2)6-9-4-3-5-17-7-9/h8-9,16H,3-7H2,1-2H3,(H2,12,13). The molecule has 2 atom stereocenters. The fraction of sp³-hybridized carbons (Fsp3) is 0.818. The summed E-state index contributed by atoms with van der Waals surface area (Å²) < 4.78 is 5.37. The molecule has 3 N–H and O–H groups in total. The predicted molar refractivity (Wildman–Crippen MR) is 63.8 cm³/mol. The van der Waals surface area contributed by atoms with Crippen molar-refractivity contribution in [3.8, 4) is 0 Å². The Kier molecular flexibility index (Phi) is 5.21. The number of carbonyl (C=O) groups is 1. The number of hydrogen-bond donors (Lipinski definition) is 2. The van der Waals surface area contributed by atoms with Crippen molar-refractivity contribution in [2.45, 2.75) is 19.8 Å². The Balaban J connectivity index is 2.45. The first-order chi connectivity index (χ1) is 8.06. The molecule has 0 aromatic carbocycles. The van der Waals surface area contributed by atoms with Crippen molar-refractivity contribution in [2.24, 2.45) is 22.7 Å². The Morgan fingerprint density at radius 2 is 2.41 bits per heavy atom. The van der Waals surface area contributed by atoms with E-state index in [0.717, 1.165) is 19.4 Å². The van der Waals surface area contributed by atoms with E-state index in [1.54, 1.807) is 18.9 Å². The van der Waals surface area contributed by atoms with Gasteiger partial charge >= 0.3 is 0 Å². The van der Waals surface area contributed by atoms with Crippen LogP contribution in [0.25, 0.3) is 0 Å². The van der Waals surface area contributed by atoms with Gasteiger partial charge in [0.1, 0.15) is 0 Å². The van der Waals surface area contributed by atoms with E-state index in [1.165, 1.54) is 0 Å². The molecule has 6 nitrogen and oxygen atoms in total. The van der Waals surface area contributed by atoms with Crippen molar-refractivity contribution in [2.75, 3.05) is 26.8 Å². The maximum atomic E-state index is 11.9. The molecule has 1 aliphatic rings. The number of nitrogens with zero attached hydrogens (tertiary/aromatic N) is 2. The molecule has 0 aliphatic carbocycles. The van der Waals surface area contributed by atoms with E-state index in [0.29, 0.717) is 19.1 Å². The molecule has 6 heteroatoms. The number of rotatable bonds is 4. The number of carbonyl (C=O) groups excluding carboxylic acids is 1. The first-order valence-corrected chi connectivity index (χ1v) is 5.86. The molecule has 1 fully saturated rings. The van der Waals surface area contributed by atoms with Gasteiger partial charge in [-0.1, -0.05) is 5.16 Å². The Bertz CT molecular complexity index is 288. The lowest BCUT2D eigenvalue weighted by Crippen LogP contribution is -2.41. The van der Waals surface area contributed by atoms with E-state index in [4.69, 9.17) is 15.7 Å². The van der Waals surface area contributed by atoms with E-state index in [1.807, 2.05) is 0 Å². The molecule has 1 saturated heterocycles. The highest BCUT2D eigenvalue weighted by molar-refractivity contribution is 6.01. The second kappa shape index (κ2) is 6.44. The van der Waals surface area contributed by atoms with Gasteiger partial charge in [0.15, 0.2) is 5.84 Å². The molecule has 0 aromatic rings. The molecule has 1 amide bonds. The summed E-state index contributed by atoms with van der Waals surface area (Å²) in [5.74, 6) is -0.390. The maximum Gasteiger partial charge on any atom is 0.232 e. The van der Waals surface area contributed by atoms with Crippen LogP contribution in [0, 0.1) is 11.8 Å². The van der Waals surface area contributed by atoms with Crippen molar-refractivity contribution < 1.29 is 14.7 Å². The average Bonchev–Trinajstić information content (AvgIpc) is 2.37. The van der Waals surface area contributed by atoms with Crippen molar-refractivity contribution >= 4 is 11.7 Å². The van der Waals surface area contributed by atoms with Crippen molar-refractivity contribution in [1.29, 1.82) is 0 Å².